The van der Waals surface area contributed by atoms with E-state index in [4.69, 9.17) is 39.2 Å². The van der Waals surface area contributed by atoms with Crippen LogP contribution in [0.5, 0.6) is 0 Å². The van der Waals surface area contributed by atoms with Gasteiger partial charge in [-0.15, -0.1) is 0 Å². The van der Waals surface area contributed by atoms with Gasteiger partial charge in [0.2, 0.25) is 0 Å². The Kier molecular flexibility index (Phi) is 4.34. The van der Waals surface area contributed by atoms with E-state index in [9.17, 15) is 0 Å². The zero-order chi connectivity index (χ0) is 14.2. The molecule has 1 atom stereocenters. The smallest absolute Gasteiger partial charge is 0.106 e. The average molecular weight is 319 g/mol. The highest BCUT2D eigenvalue weighted by molar-refractivity contribution is 6.41. The quantitative estimate of drug-likeness (QED) is 0.747. The number of nitrogens with one attached hydrogen (secondary N) is 1. The van der Waals surface area contributed by atoms with E-state index < -0.39 is 0 Å². The number of halogens is 3. The highest BCUT2D eigenvalue weighted by Gasteiger charge is 2.16. The van der Waals surface area contributed by atoms with Crippen LogP contribution in [0, 0.1) is 13.8 Å². The van der Waals surface area contributed by atoms with Crippen molar-refractivity contribution in [3.63, 3.8) is 0 Å². The molecule has 2 aromatic rings. The molecule has 1 aromatic carbocycles. The van der Waals surface area contributed by atoms with Gasteiger partial charge in [-0.2, -0.15) is 0 Å². The zero-order valence-corrected chi connectivity index (χ0v) is 13.1. The first-order valence-corrected chi connectivity index (χ1v) is 7.00. The van der Waals surface area contributed by atoms with Crippen molar-refractivity contribution in [1.82, 2.24) is 0 Å². The molecule has 0 saturated carbocycles. The molecular weight excluding hydrogens is 305 g/mol. The second-order valence-corrected chi connectivity index (χ2v) is 5.73. The third kappa shape index (κ3) is 3.19. The summed E-state index contributed by atoms with van der Waals surface area (Å²) in [4.78, 5) is 0. The van der Waals surface area contributed by atoms with Crippen LogP contribution in [0.2, 0.25) is 15.1 Å². The summed E-state index contributed by atoms with van der Waals surface area (Å²) < 4.78 is 5.53. The first-order valence-electron chi connectivity index (χ1n) is 5.86. The first-order chi connectivity index (χ1) is 8.88. The summed E-state index contributed by atoms with van der Waals surface area (Å²) in [6.07, 6.45) is 0. The minimum Gasteiger partial charge on any atom is -0.466 e. The molecule has 0 amide bonds. The van der Waals surface area contributed by atoms with Crippen molar-refractivity contribution in [3.05, 3.63) is 50.4 Å². The zero-order valence-electron chi connectivity index (χ0n) is 10.9. The van der Waals surface area contributed by atoms with Crippen LogP contribution < -0.4 is 5.32 Å². The van der Waals surface area contributed by atoms with E-state index in [-0.39, 0.29) is 6.04 Å². The molecule has 2 rings (SSSR count). The lowest BCUT2D eigenvalue weighted by Gasteiger charge is -2.17. The van der Waals surface area contributed by atoms with E-state index in [0.29, 0.717) is 20.8 Å². The standard InChI is InChI=1S/C14H14Cl3NO/c1-7-4-11(9(3)19-7)8(2)18-14-12(16)5-10(15)6-13(14)17/h4-6,8,18H,1-3H3. The second-order valence-electron chi connectivity index (χ2n) is 4.48. The molecule has 0 aliphatic rings. The minimum atomic E-state index is 0.0358. The number of anilines is 1. The molecule has 102 valence electrons. The SMILES string of the molecule is Cc1cc(C(C)Nc2c(Cl)cc(Cl)cc2Cl)c(C)o1. The number of benzene rings is 1. The molecule has 0 aliphatic heterocycles. The predicted octanol–water partition coefficient (Wildman–Crippen LogP) is 6.03. The Hall–Kier alpha value is -0.830. The lowest BCUT2D eigenvalue weighted by atomic mass is 10.1. The van der Waals surface area contributed by atoms with Crippen molar-refractivity contribution in [3.8, 4) is 0 Å². The van der Waals surface area contributed by atoms with Crippen LogP contribution in [-0.2, 0) is 0 Å². The van der Waals surface area contributed by atoms with Crippen LogP contribution in [0.4, 0.5) is 5.69 Å². The molecule has 19 heavy (non-hydrogen) atoms. The topological polar surface area (TPSA) is 25.2 Å². The first kappa shape index (κ1) is 14.6. The molecule has 0 bridgehead atoms. The third-order valence-electron chi connectivity index (χ3n) is 2.91. The molecule has 0 fully saturated rings. The molecule has 1 unspecified atom stereocenters. The Bertz CT molecular complexity index is 584. The molecule has 0 spiro atoms. The Morgan fingerprint density at radius 3 is 2.11 bits per heavy atom. The highest BCUT2D eigenvalue weighted by Crippen LogP contribution is 2.36. The second kappa shape index (κ2) is 5.66. The molecular formula is C14H14Cl3NO. The van der Waals surface area contributed by atoms with E-state index in [0.717, 1.165) is 17.1 Å². The number of rotatable bonds is 3. The fourth-order valence-electron chi connectivity index (χ4n) is 2.05. The minimum absolute atomic E-state index is 0.0358. The van der Waals surface area contributed by atoms with Gasteiger partial charge in [-0.25, -0.2) is 0 Å². The Balaban J connectivity index is 2.29. The highest BCUT2D eigenvalue weighted by atomic mass is 35.5. The summed E-state index contributed by atoms with van der Waals surface area (Å²) in [6, 6.07) is 5.37. The van der Waals surface area contributed by atoms with E-state index in [1.54, 1.807) is 12.1 Å². The molecule has 1 aromatic heterocycles. The van der Waals surface area contributed by atoms with Crippen molar-refractivity contribution >= 4 is 40.5 Å². The van der Waals surface area contributed by atoms with Gasteiger partial charge in [0.15, 0.2) is 0 Å². The lowest BCUT2D eigenvalue weighted by molar-refractivity contribution is 0.500. The van der Waals surface area contributed by atoms with E-state index in [1.165, 1.54) is 0 Å². The Morgan fingerprint density at radius 2 is 1.63 bits per heavy atom. The summed E-state index contributed by atoms with van der Waals surface area (Å²) in [7, 11) is 0. The summed E-state index contributed by atoms with van der Waals surface area (Å²) in [5.41, 5.74) is 1.76. The van der Waals surface area contributed by atoms with Crippen molar-refractivity contribution in [2.45, 2.75) is 26.8 Å². The fourth-order valence-corrected chi connectivity index (χ4v) is 2.98. The summed E-state index contributed by atoms with van der Waals surface area (Å²) >= 11 is 18.2. The van der Waals surface area contributed by atoms with E-state index in [2.05, 4.69) is 5.32 Å². The Morgan fingerprint density at radius 1 is 1.05 bits per heavy atom. The van der Waals surface area contributed by atoms with Gasteiger partial charge in [0.1, 0.15) is 11.5 Å². The van der Waals surface area contributed by atoms with Gasteiger partial charge in [0.05, 0.1) is 21.8 Å². The molecule has 2 nitrogen and oxygen atoms in total. The summed E-state index contributed by atoms with van der Waals surface area (Å²) in [5.74, 6) is 1.77. The maximum atomic E-state index is 6.16. The Labute approximate surface area is 127 Å². The summed E-state index contributed by atoms with van der Waals surface area (Å²) in [6.45, 7) is 5.88. The van der Waals surface area contributed by atoms with Crippen LogP contribution in [0.15, 0.2) is 22.6 Å². The van der Waals surface area contributed by atoms with Gasteiger partial charge >= 0.3 is 0 Å². The van der Waals surface area contributed by atoms with Crippen LogP contribution in [0.1, 0.15) is 30.0 Å². The van der Waals surface area contributed by atoms with Crippen molar-refractivity contribution in [1.29, 1.82) is 0 Å². The number of aryl methyl sites for hydroxylation is 2. The normalized spacial score (nSPS) is 12.5. The maximum Gasteiger partial charge on any atom is 0.106 e. The molecule has 0 radical (unpaired) electrons. The number of hydrogen-bond acceptors (Lipinski definition) is 2. The fraction of sp³-hybridized carbons (Fsp3) is 0.286. The predicted molar refractivity (Wildman–Crippen MR) is 81.7 cm³/mol. The molecule has 5 heteroatoms. The van der Waals surface area contributed by atoms with Crippen molar-refractivity contribution in [2.75, 3.05) is 5.32 Å². The number of furan rings is 1. The van der Waals surface area contributed by atoms with Crippen molar-refractivity contribution < 1.29 is 4.42 Å². The van der Waals surface area contributed by atoms with Gasteiger partial charge in [-0.05, 0) is 39.0 Å². The van der Waals surface area contributed by atoms with Crippen molar-refractivity contribution in [2.24, 2.45) is 0 Å². The lowest BCUT2D eigenvalue weighted by Crippen LogP contribution is -2.07. The molecule has 0 aliphatic carbocycles. The largest absolute Gasteiger partial charge is 0.466 e. The van der Waals surface area contributed by atoms with E-state index in [1.807, 2.05) is 26.8 Å². The van der Waals surface area contributed by atoms with Crippen LogP contribution in [0.25, 0.3) is 0 Å². The van der Waals surface area contributed by atoms with Crippen LogP contribution in [-0.4, -0.2) is 0 Å². The summed E-state index contributed by atoms with van der Waals surface area (Å²) in [5, 5.41) is 4.81. The average Bonchev–Trinajstić information content (AvgIpc) is 2.62. The van der Waals surface area contributed by atoms with Gasteiger partial charge in [-0.1, -0.05) is 34.8 Å². The van der Waals surface area contributed by atoms with Crippen LogP contribution >= 0.6 is 34.8 Å². The van der Waals surface area contributed by atoms with Gasteiger partial charge < -0.3 is 9.73 Å². The molecule has 1 heterocycles. The van der Waals surface area contributed by atoms with Gasteiger partial charge in [-0.3, -0.25) is 0 Å². The number of hydrogen-bond donors (Lipinski definition) is 1. The van der Waals surface area contributed by atoms with Crippen LogP contribution in [0.3, 0.4) is 0 Å². The van der Waals surface area contributed by atoms with E-state index >= 15 is 0 Å². The van der Waals surface area contributed by atoms with Gasteiger partial charge in [0, 0.05) is 10.6 Å². The monoisotopic (exact) mass is 317 g/mol. The van der Waals surface area contributed by atoms with Gasteiger partial charge in [0.25, 0.3) is 0 Å². The molecule has 0 saturated heterocycles. The third-order valence-corrected chi connectivity index (χ3v) is 3.73. The molecule has 1 N–H and O–H groups in total. The maximum absolute atomic E-state index is 6.16.